The van der Waals surface area contributed by atoms with Gasteiger partial charge in [-0.2, -0.15) is 0 Å². The molecule has 164 valence electrons. The van der Waals surface area contributed by atoms with E-state index in [-0.39, 0.29) is 0 Å². The van der Waals surface area contributed by atoms with Crippen LogP contribution in [-0.2, 0) is 42.1 Å². The molecule has 0 aromatic carbocycles. The number of thiol groups is 1. The first-order valence-electron chi connectivity index (χ1n) is 9.21. The van der Waals surface area contributed by atoms with Crippen LogP contribution in [0.3, 0.4) is 0 Å². The zero-order valence-electron chi connectivity index (χ0n) is 16.4. The molecule has 0 bridgehead atoms. The lowest BCUT2D eigenvalue weighted by atomic mass is 10.6. The van der Waals surface area contributed by atoms with Crippen molar-refractivity contribution >= 4 is 12.9 Å². The predicted molar refractivity (Wildman–Crippen MR) is 103 cm³/mol. The standard InChI is InChI=1S/C17H36O9S/c1-18-2-3-19-4-5-20-6-7-21-8-9-22-10-11-23-12-13-24-14-15-25-16-17-26-27/h27H,2-17H2,1H3. The summed E-state index contributed by atoms with van der Waals surface area (Å²) in [6.07, 6.45) is 0. The summed E-state index contributed by atoms with van der Waals surface area (Å²) >= 11 is 3.61. The molecule has 10 heteroatoms. The molecule has 0 aliphatic rings. The Hall–Kier alpha value is -0.0100. The van der Waals surface area contributed by atoms with Crippen LogP contribution in [0, 0.1) is 0 Å². The highest BCUT2D eigenvalue weighted by Gasteiger charge is 1.94. The molecule has 0 unspecified atom stereocenters. The van der Waals surface area contributed by atoms with Gasteiger partial charge < -0.3 is 42.1 Å². The van der Waals surface area contributed by atoms with E-state index < -0.39 is 0 Å². The van der Waals surface area contributed by atoms with Gasteiger partial charge in [0.1, 0.15) is 0 Å². The number of methoxy groups -OCH3 is 1. The average molecular weight is 417 g/mol. The van der Waals surface area contributed by atoms with E-state index >= 15 is 0 Å². The van der Waals surface area contributed by atoms with Gasteiger partial charge in [-0.15, -0.1) is 0 Å². The van der Waals surface area contributed by atoms with Gasteiger partial charge in [-0.1, -0.05) is 0 Å². The van der Waals surface area contributed by atoms with Crippen LogP contribution in [-0.4, -0.2) is 113 Å². The highest BCUT2D eigenvalue weighted by molar-refractivity contribution is 7.75. The van der Waals surface area contributed by atoms with Gasteiger partial charge in [0.05, 0.1) is 106 Å². The maximum absolute atomic E-state index is 5.40. The van der Waals surface area contributed by atoms with Crippen molar-refractivity contribution in [1.82, 2.24) is 0 Å². The molecule has 0 spiro atoms. The van der Waals surface area contributed by atoms with E-state index in [4.69, 9.17) is 37.9 Å². The van der Waals surface area contributed by atoms with Crippen molar-refractivity contribution in [2.45, 2.75) is 0 Å². The molecule has 0 aliphatic carbocycles. The van der Waals surface area contributed by atoms with Crippen LogP contribution in [0.5, 0.6) is 0 Å². The first-order chi connectivity index (χ1) is 13.4. The lowest BCUT2D eigenvalue weighted by Crippen LogP contribution is -2.15. The molecule has 0 atom stereocenters. The number of ether oxygens (including phenoxy) is 8. The summed E-state index contributed by atoms with van der Waals surface area (Å²) in [4.78, 5) is 0. The zero-order valence-corrected chi connectivity index (χ0v) is 17.3. The second kappa shape index (κ2) is 26.0. The Balaban J connectivity index is 2.95. The first-order valence-corrected chi connectivity index (χ1v) is 9.57. The van der Waals surface area contributed by atoms with Gasteiger partial charge in [0, 0.05) is 7.11 Å². The second-order valence-electron chi connectivity index (χ2n) is 5.11. The van der Waals surface area contributed by atoms with Crippen molar-refractivity contribution in [1.29, 1.82) is 0 Å². The van der Waals surface area contributed by atoms with Crippen LogP contribution in [0.2, 0.25) is 0 Å². The molecule has 0 saturated carbocycles. The molecule has 0 saturated heterocycles. The average Bonchev–Trinajstić information content (AvgIpc) is 2.68. The molecule has 0 rings (SSSR count). The van der Waals surface area contributed by atoms with E-state index in [2.05, 4.69) is 17.1 Å². The Morgan fingerprint density at radius 3 is 0.815 bits per heavy atom. The van der Waals surface area contributed by atoms with Crippen molar-refractivity contribution in [3.63, 3.8) is 0 Å². The summed E-state index contributed by atoms with van der Waals surface area (Å²) in [5, 5.41) is 0. The van der Waals surface area contributed by atoms with E-state index in [9.17, 15) is 0 Å². The van der Waals surface area contributed by atoms with Crippen LogP contribution in [0.1, 0.15) is 0 Å². The van der Waals surface area contributed by atoms with Gasteiger partial charge in [-0.05, 0) is 12.9 Å². The fraction of sp³-hybridized carbons (Fsp3) is 1.00. The summed E-state index contributed by atoms with van der Waals surface area (Å²) in [5.41, 5.74) is 0. The smallest absolute Gasteiger partial charge is 0.0844 e. The number of hydrogen-bond donors (Lipinski definition) is 1. The van der Waals surface area contributed by atoms with E-state index in [1.807, 2.05) is 0 Å². The third-order valence-corrected chi connectivity index (χ3v) is 3.17. The molecule has 27 heavy (non-hydrogen) atoms. The van der Waals surface area contributed by atoms with Gasteiger partial charge in [-0.25, -0.2) is 0 Å². The zero-order chi connectivity index (χ0) is 19.7. The molecule has 0 fully saturated rings. The quantitative estimate of drug-likeness (QED) is 0.138. The van der Waals surface area contributed by atoms with Crippen molar-refractivity contribution in [3.05, 3.63) is 0 Å². The minimum Gasteiger partial charge on any atom is -0.382 e. The maximum atomic E-state index is 5.40. The van der Waals surface area contributed by atoms with Gasteiger partial charge in [-0.3, -0.25) is 0 Å². The molecule has 0 heterocycles. The second-order valence-corrected chi connectivity index (χ2v) is 5.37. The van der Waals surface area contributed by atoms with Gasteiger partial charge in [0.15, 0.2) is 0 Å². The number of hydrogen-bond acceptors (Lipinski definition) is 10. The molecule has 0 radical (unpaired) electrons. The van der Waals surface area contributed by atoms with Crippen LogP contribution < -0.4 is 0 Å². The van der Waals surface area contributed by atoms with E-state index in [0.717, 1.165) is 0 Å². The highest BCUT2D eigenvalue weighted by atomic mass is 32.1. The summed E-state index contributed by atoms with van der Waals surface area (Å²) in [6.45, 7) is 8.67. The minimum atomic E-state index is 0.468. The Labute approximate surface area is 168 Å². The Kier molecular flexibility index (Phi) is 26.0. The normalized spacial score (nSPS) is 11.3. The fourth-order valence-electron chi connectivity index (χ4n) is 1.66. The van der Waals surface area contributed by atoms with Crippen molar-refractivity contribution in [3.8, 4) is 0 Å². The first kappa shape index (κ1) is 27.0. The van der Waals surface area contributed by atoms with Crippen LogP contribution in [0.25, 0.3) is 0 Å². The van der Waals surface area contributed by atoms with Crippen LogP contribution in [0.4, 0.5) is 0 Å². The lowest BCUT2D eigenvalue weighted by Gasteiger charge is -2.08. The van der Waals surface area contributed by atoms with E-state index in [1.165, 1.54) is 0 Å². The molecule has 9 nitrogen and oxygen atoms in total. The van der Waals surface area contributed by atoms with Gasteiger partial charge in [0.2, 0.25) is 0 Å². The summed E-state index contributed by atoms with van der Waals surface area (Å²) in [6, 6.07) is 0. The minimum absolute atomic E-state index is 0.468. The molecular formula is C17H36O9S. The molecule has 0 amide bonds. The van der Waals surface area contributed by atoms with Crippen molar-refractivity contribution in [2.75, 3.05) is 113 Å². The third kappa shape index (κ3) is 26.0. The number of rotatable bonds is 24. The molecule has 0 aliphatic heterocycles. The van der Waals surface area contributed by atoms with Crippen molar-refractivity contribution in [2.24, 2.45) is 0 Å². The largest absolute Gasteiger partial charge is 0.382 e. The van der Waals surface area contributed by atoms with Gasteiger partial charge >= 0.3 is 0 Å². The van der Waals surface area contributed by atoms with Gasteiger partial charge in [0.25, 0.3) is 0 Å². The molecule has 0 N–H and O–H groups in total. The SMILES string of the molecule is COCCOCCOCCOCCOCCOCCOCCOCCOS. The molecule has 0 aromatic heterocycles. The van der Waals surface area contributed by atoms with E-state index in [1.54, 1.807) is 7.11 Å². The van der Waals surface area contributed by atoms with Crippen LogP contribution in [0.15, 0.2) is 0 Å². The maximum Gasteiger partial charge on any atom is 0.0844 e. The Morgan fingerprint density at radius 2 is 0.593 bits per heavy atom. The lowest BCUT2D eigenvalue weighted by molar-refractivity contribution is -0.0225. The Bertz CT molecular complexity index is 239. The monoisotopic (exact) mass is 416 g/mol. The third-order valence-electron chi connectivity index (χ3n) is 2.98. The highest BCUT2D eigenvalue weighted by Crippen LogP contribution is 1.86. The summed E-state index contributed by atoms with van der Waals surface area (Å²) in [5.74, 6) is 0. The van der Waals surface area contributed by atoms with Crippen molar-refractivity contribution < 1.29 is 42.1 Å². The molecule has 0 aromatic rings. The van der Waals surface area contributed by atoms with E-state index in [0.29, 0.717) is 106 Å². The molecular weight excluding hydrogens is 380 g/mol. The van der Waals surface area contributed by atoms with Crippen LogP contribution >= 0.6 is 12.9 Å². The summed E-state index contributed by atoms with van der Waals surface area (Å²) < 4.78 is 46.8. The predicted octanol–water partition coefficient (Wildman–Crippen LogP) is 0.610. The topological polar surface area (TPSA) is 83.1 Å². The summed E-state index contributed by atoms with van der Waals surface area (Å²) in [7, 11) is 1.65. The fourth-order valence-corrected chi connectivity index (χ4v) is 1.73. The Morgan fingerprint density at radius 1 is 0.370 bits per heavy atom.